The van der Waals surface area contributed by atoms with Gasteiger partial charge in [0, 0.05) is 30.6 Å². The second-order valence-electron chi connectivity index (χ2n) is 5.41. The van der Waals surface area contributed by atoms with Crippen LogP contribution < -0.4 is 0 Å². The fourth-order valence-corrected chi connectivity index (χ4v) is 3.26. The Hall–Kier alpha value is -1.59. The number of halogens is 1. The van der Waals surface area contributed by atoms with E-state index in [9.17, 15) is 4.79 Å². The Bertz CT molecular complexity index is 647. The standard InChI is InChI=1S/C15H18ClN3O2/c1-21-9-15(20)19-4-2-10(3-5-19)12-6-11(16)7-14-13(12)8-17-18-14/h6-8,10H,2-5,9H2,1H3,(H,17,18). The maximum absolute atomic E-state index is 11.8. The summed E-state index contributed by atoms with van der Waals surface area (Å²) in [6, 6.07) is 3.92. The van der Waals surface area contributed by atoms with Gasteiger partial charge in [-0.2, -0.15) is 5.10 Å². The maximum atomic E-state index is 11.8. The minimum atomic E-state index is 0.0653. The van der Waals surface area contributed by atoms with E-state index in [1.54, 1.807) is 7.11 Å². The van der Waals surface area contributed by atoms with E-state index in [2.05, 4.69) is 10.2 Å². The number of aromatic amines is 1. The number of benzene rings is 1. The Balaban J connectivity index is 1.77. The first-order chi connectivity index (χ1) is 10.2. The number of fused-ring (bicyclic) bond motifs is 1. The zero-order valence-electron chi connectivity index (χ0n) is 11.9. The number of aromatic nitrogens is 2. The summed E-state index contributed by atoms with van der Waals surface area (Å²) < 4.78 is 4.91. The average molecular weight is 308 g/mol. The normalized spacial score (nSPS) is 16.6. The second-order valence-corrected chi connectivity index (χ2v) is 5.85. The van der Waals surface area contributed by atoms with Gasteiger partial charge in [0.05, 0.1) is 11.7 Å². The predicted molar refractivity (Wildman–Crippen MR) is 81.5 cm³/mol. The minimum absolute atomic E-state index is 0.0653. The first-order valence-electron chi connectivity index (χ1n) is 7.08. The van der Waals surface area contributed by atoms with E-state index in [0.717, 1.165) is 41.9 Å². The van der Waals surface area contributed by atoms with E-state index >= 15 is 0 Å². The lowest BCUT2D eigenvalue weighted by Gasteiger charge is -2.32. The maximum Gasteiger partial charge on any atom is 0.248 e. The van der Waals surface area contributed by atoms with Crippen LogP contribution in [0.3, 0.4) is 0 Å². The molecule has 1 saturated heterocycles. The molecule has 0 aliphatic carbocycles. The van der Waals surface area contributed by atoms with Crippen molar-refractivity contribution in [3.8, 4) is 0 Å². The van der Waals surface area contributed by atoms with Gasteiger partial charge in [0.25, 0.3) is 0 Å². The molecule has 0 saturated carbocycles. The van der Waals surface area contributed by atoms with Crippen LogP contribution in [-0.2, 0) is 9.53 Å². The van der Waals surface area contributed by atoms with Crippen molar-refractivity contribution in [1.29, 1.82) is 0 Å². The van der Waals surface area contributed by atoms with Crippen LogP contribution in [0.15, 0.2) is 18.3 Å². The van der Waals surface area contributed by atoms with Crippen LogP contribution in [-0.4, -0.2) is 47.8 Å². The highest BCUT2D eigenvalue weighted by Crippen LogP contribution is 2.34. The van der Waals surface area contributed by atoms with Crippen molar-refractivity contribution in [3.05, 3.63) is 28.9 Å². The molecule has 1 aliphatic rings. The SMILES string of the molecule is COCC(=O)N1CCC(c2cc(Cl)cc3[nH]ncc23)CC1. The molecule has 1 aromatic carbocycles. The number of nitrogens with one attached hydrogen (secondary N) is 1. The first-order valence-corrected chi connectivity index (χ1v) is 7.46. The zero-order chi connectivity index (χ0) is 14.8. The van der Waals surface area contributed by atoms with Gasteiger partial charge in [0.1, 0.15) is 6.61 Å². The highest BCUT2D eigenvalue weighted by molar-refractivity contribution is 6.31. The summed E-state index contributed by atoms with van der Waals surface area (Å²) in [5, 5.41) is 8.92. The molecule has 1 fully saturated rings. The molecule has 2 aromatic rings. The summed E-state index contributed by atoms with van der Waals surface area (Å²) in [6.45, 7) is 1.69. The fraction of sp³-hybridized carbons (Fsp3) is 0.467. The number of hydrogen-bond acceptors (Lipinski definition) is 3. The highest BCUT2D eigenvalue weighted by atomic mass is 35.5. The van der Waals surface area contributed by atoms with Gasteiger partial charge in [-0.1, -0.05) is 11.6 Å². The molecule has 1 aromatic heterocycles. The van der Waals surface area contributed by atoms with Gasteiger partial charge in [0.15, 0.2) is 0 Å². The van der Waals surface area contributed by atoms with Crippen molar-refractivity contribution in [2.75, 3.05) is 26.8 Å². The Morgan fingerprint density at radius 2 is 2.24 bits per heavy atom. The van der Waals surface area contributed by atoms with Crippen LogP contribution in [0.5, 0.6) is 0 Å². The number of ether oxygens (including phenoxy) is 1. The van der Waals surface area contributed by atoms with Crippen molar-refractivity contribution in [2.24, 2.45) is 0 Å². The number of nitrogens with zero attached hydrogens (tertiary/aromatic N) is 2. The van der Waals surface area contributed by atoms with E-state index in [1.807, 2.05) is 23.2 Å². The van der Waals surface area contributed by atoms with Crippen molar-refractivity contribution in [3.63, 3.8) is 0 Å². The lowest BCUT2D eigenvalue weighted by atomic mass is 9.87. The highest BCUT2D eigenvalue weighted by Gasteiger charge is 2.25. The summed E-state index contributed by atoms with van der Waals surface area (Å²) in [6.07, 6.45) is 3.73. The van der Waals surface area contributed by atoms with E-state index in [0.29, 0.717) is 5.92 Å². The number of amides is 1. The Kier molecular flexibility index (Phi) is 4.12. The quantitative estimate of drug-likeness (QED) is 0.948. The summed E-state index contributed by atoms with van der Waals surface area (Å²) in [7, 11) is 1.55. The molecule has 21 heavy (non-hydrogen) atoms. The van der Waals surface area contributed by atoms with E-state index in [1.165, 1.54) is 5.56 Å². The van der Waals surface area contributed by atoms with Gasteiger partial charge in [-0.3, -0.25) is 9.89 Å². The monoisotopic (exact) mass is 307 g/mol. The number of methoxy groups -OCH3 is 1. The topological polar surface area (TPSA) is 58.2 Å². The summed E-state index contributed by atoms with van der Waals surface area (Å²) in [5.74, 6) is 0.478. The summed E-state index contributed by atoms with van der Waals surface area (Å²) >= 11 is 6.19. The van der Waals surface area contributed by atoms with Gasteiger partial charge in [-0.05, 0) is 36.5 Å². The number of carbonyl (C=O) groups is 1. The third-order valence-corrected chi connectivity index (χ3v) is 4.33. The Morgan fingerprint density at radius 1 is 1.48 bits per heavy atom. The minimum Gasteiger partial charge on any atom is -0.375 e. The molecule has 0 unspecified atom stereocenters. The van der Waals surface area contributed by atoms with Crippen LogP contribution >= 0.6 is 11.6 Å². The Labute approximate surface area is 128 Å². The molecule has 0 bridgehead atoms. The van der Waals surface area contributed by atoms with Crippen LogP contribution in [0.25, 0.3) is 10.9 Å². The number of piperidine rings is 1. The second kappa shape index (κ2) is 6.03. The molecule has 6 heteroatoms. The molecule has 1 amide bonds. The molecular weight excluding hydrogens is 290 g/mol. The zero-order valence-corrected chi connectivity index (χ0v) is 12.7. The smallest absolute Gasteiger partial charge is 0.248 e. The van der Waals surface area contributed by atoms with Crippen LogP contribution in [0.2, 0.25) is 5.02 Å². The number of likely N-dealkylation sites (tertiary alicyclic amines) is 1. The summed E-state index contributed by atoms with van der Waals surface area (Å²) in [5.41, 5.74) is 2.19. The largest absolute Gasteiger partial charge is 0.375 e. The van der Waals surface area contributed by atoms with Gasteiger partial charge < -0.3 is 9.64 Å². The van der Waals surface area contributed by atoms with Crippen molar-refractivity contribution in [2.45, 2.75) is 18.8 Å². The van der Waals surface area contributed by atoms with Crippen molar-refractivity contribution >= 4 is 28.4 Å². The molecule has 0 spiro atoms. The van der Waals surface area contributed by atoms with Crippen LogP contribution in [0.1, 0.15) is 24.3 Å². The van der Waals surface area contributed by atoms with E-state index in [4.69, 9.17) is 16.3 Å². The number of carbonyl (C=O) groups excluding carboxylic acids is 1. The lowest BCUT2D eigenvalue weighted by Crippen LogP contribution is -2.39. The molecule has 1 N–H and O–H groups in total. The molecule has 2 heterocycles. The average Bonchev–Trinajstić information content (AvgIpc) is 2.95. The number of rotatable bonds is 3. The predicted octanol–water partition coefficient (Wildman–Crippen LogP) is 2.57. The first kappa shape index (κ1) is 14.4. The molecule has 0 radical (unpaired) electrons. The van der Waals surface area contributed by atoms with E-state index in [-0.39, 0.29) is 12.5 Å². The number of hydrogen-bond donors (Lipinski definition) is 1. The molecule has 0 atom stereocenters. The molecule has 112 valence electrons. The molecule has 5 nitrogen and oxygen atoms in total. The third-order valence-electron chi connectivity index (χ3n) is 4.11. The van der Waals surface area contributed by atoms with Crippen molar-refractivity contribution in [1.82, 2.24) is 15.1 Å². The third kappa shape index (κ3) is 2.89. The Morgan fingerprint density at radius 3 is 2.95 bits per heavy atom. The van der Waals surface area contributed by atoms with Gasteiger partial charge in [0.2, 0.25) is 5.91 Å². The summed E-state index contributed by atoms with van der Waals surface area (Å²) in [4.78, 5) is 13.7. The van der Waals surface area contributed by atoms with Crippen LogP contribution in [0, 0.1) is 0 Å². The fourth-order valence-electron chi connectivity index (χ4n) is 3.03. The van der Waals surface area contributed by atoms with Gasteiger partial charge in [-0.25, -0.2) is 0 Å². The molecule has 3 rings (SSSR count). The van der Waals surface area contributed by atoms with Gasteiger partial charge in [-0.15, -0.1) is 0 Å². The van der Waals surface area contributed by atoms with Gasteiger partial charge >= 0.3 is 0 Å². The van der Waals surface area contributed by atoms with E-state index < -0.39 is 0 Å². The van der Waals surface area contributed by atoms with Crippen molar-refractivity contribution < 1.29 is 9.53 Å². The lowest BCUT2D eigenvalue weighted by molar-refractivity contribution is -0.136. The molecule has 1 aliphatic heterocycles. The molecular formula is C15H18ClN3O2. The van der Waals surface area contributed by atoms with Crippen LogP contribution in [0.4, 0.5) is 0 Å². The number of H-pyrrole nitrogens is 1.